The highest BCUT2D eigenvalue weighted by molar-refractivity contribution is 5.90. The molecule has 0 aliphatic rings. The first kappa shape index (κ1) is 13.2. The maximum Gasteiger partial charge on any atom is 0.292 e. The fraction of sp³-hybridized carbons (Fsp3) is 0.250. The third-order valence-corrected chi connectivity index (χ3v) is 2.44. The molecule has 0 bridgehead atoms. The molecule has 0 aliphatic heterocycles. The second kappa shape index (κ2) is 5.57. The van der Waals surface area contributed by atoms with Crippen molar-refractivity contribution in [2.45, 2.75) is 13.0 Å². The number of carbonyl (C=O) groups excluding carboxylic acids is 1. The van der Waals surface area contributed by atoms with Gasteiger partial charge in [-0.15, -0.1) is 0 Å². The number of hydrogen-bond donors (Lipinski definition) is 2. The molecule has 0 radical (unpaired) electrons. The molecule has 1 amide bonds. The first-order valence-electron chi connectivity index (χ1n) is 5.58. The smallest absolute Gasteiger partial charge is 0.292 e. The van der Waals surface area contributed by atoms with Crippen molar-refractivity contribution >= 4 is 5.91 Å². The normalized spacial score (nSPS) is 12.2. The van der Waals surface area contributed by atoms with Gasteiger partial charge in [0.15, 0.2) is 0 Å². The molecule has 6 nitrogen and oxygen atoms in total. The van der Waals surface area contributed by atoms with Crippen LogP contribution in [0.25, 0.3) is 0 Å². The van der Waals surface area contributed by atoms with Crippen molar-refractivity contribution in [3.63, 3.8) is 0 Å². The van der Waals surface area contributed by atoms with E-state index in [1.807, 2.05) is 0 Å². The Morgan fingerprint density at radius 1 is 1.47 bits per heavy atom. The Balaban J connectivity index is 1.91. The Bertz CT molecular complexity index is 568. The molecule has 0 spiro atoms. The number of aromatic nitrogens is 2. The number of carbonyl (C=O) groups is 1. The van der Waals surface area contributed by atoms with Gasteiger partial charge in [-0.25, -0.2) is 4.39 Å². The lowest BCUT2D eigenvalue weighted by atomic mass is 10.1. The maximum atomic E-state index is 12.7. The maximum absolute atomic E-state index is 12.7. The van der Waals surface area contributed by atoms with Crippen LogP contribution in [0.3, 0.4) is 0 Å². The van der Waals surface area contributed by atoms with Crippen molar-refractivity contribution in [3.8, 4) is 0 Å². The summed E-state index contributed by atoms with van der Waals surface area (Å²) in [6.45, 7) is 1.54. The molecule has 7 heteroatoms. The summed E-state index contributed by atoms with van der Waals surface area (Å²) >= 11 is 0. The lowest BCUT2D eigenvalue weighted by Crippen LogP contribution is -2.29. The van der Waals surface area contributed by atoms with Crippen LogP contribution in [0.2, 0.25) is 0 Å². The molecule has 2 aromatic rings. The summed E-state index contributed by atoms with van der Waals surface area (Å²) in [6.07, 6.45) is -0.933. The van der Waals surface area contributed by atoms with E-state index in [4.69, 9.17) is 0 Å². The Hall–Kier alpha value is -2.28. The molecule has 19 heavy (non-hydrogen) atoms. The molecule has 0 saturated heterocycles. The number of halogens is 1. The summed E-state index contributed by atoms with van der Waals surface area (Å²) in [5.41, 5.74) is 0.506. The van der Waals surface area contributed by atoms with Crippen LogP contribution < -0.4 is 5.32 Å². The molecule has 100 valence electrons. The van der Waals surface area contributed by atoms with Crippen molar-refractivity contribution in [3.05, 3.63) is 47.4 Å². The number of nitrogens with one attached hydrogen (secondary N) is 1. The number of aliphatic hydroxyl groups is 1. The fourth-order valence-electron chi connectivity index (χ4n) is 1.46. The Kier molecular flexibility index (Phi) is 3.86. The first-order valence-corrected chi connectivity index (χ1v) is 5.58. The Labute approximate surface area is 108 Å². The van der Waals surface area contributed by atoms with E-state index in [2.05, 4.69) is 20.0 Å². The number of benzene rings is 1. The molecule has 1 unspecified atom stereocenters. The predicted molar refractivity (Wildman–Crippen MR) is 62.7 cm³/mol. The van der Waals surface area contributed by atoms with Gasteiger partial charge in [0.05, 0.1) is 6.10 Å². The summed E-state index contributed by atoms with van der Waals surface area (Å²) in [5.74, 6) is -0.742. The van der Waals surface area contributed by atoms with Crippen molar-refractivity contribution < 1.29 is 18.8 Å². The summed E-state index contributed by atoms with van der Waals surface area (Å²) in [4.78, 5) is 15.3. The van der Waals surface area contributed by atoms with E-state index in [9.17, 15) is 14.3 Å². The van der Waals surface area contributed by atoms with Crippen LogP contribution in [0.15, 0.2) is 28.8 Å². The minimum atomic E-state index is -0.933. The summed E-state index contributed by atoms with van der Waals surface area (Å²) in [6, 6.07) is 5.38. The number of amides is 1. The van der Waals surface area contributed by atoms with E-state index >= 15 is 0 Å². The topological polar surface area (TPSA) is 88.2 Å². The van der Waals surface area contributed by atoms with Gasteiger partial charge in [0.1, 0.15) is 5.82 Å². The zero-order valence-electron chi connectivity index (χ0n) is 10.1. The molecular weight excluding hydrogens is 253 g/mol. The van der Waals surface area contributed by atoms with Gasteiger partial charge in [0.25, 0.3) is 11.7 Å². The van der Waals surface area contributed by atoms with Gasteiger partial charge in [-0.3, -0.25) is 4.79 Å². The highest BCUT2D eigenvalue weighted by Crippen LogP contribution is 2.12. The molecule has 1 aromatic heterocycles. The number of nitrogens with zero attached hydrogens (tertiary/aromatic N) is 2. The van der Waals surface area contributed by atoms with Crippen LogP contribution in [0.1, 0.15) is 28.2 Å². The van der Waals surface area contributed by atoms with E-state index < -0.39 is 12.0 Å². The van der Waals surface area contributed by atoms with Crippen molar-refractivity contribution in [2.24, 2.45) is 0 Å². The molecule has 1 aromatic carbocycles. The van der Waals surface area contributed by atoms with E-state index in [0.717, 1.165) is 0 Å². The van der Waals surface area contributed by atoms with Crippen molar-refractivity contribution in [1.82, 2.24) is 15.5 Å². The lowest BCUT2D eigenvalue weighted by molar-refractivity contribution is 0.0903. The van der Waals surface area contributed by atoms with Gasteiger partial charge in [0.2, 0.25) is 5.89 Å². The largest absolute Gasteiger partial charge is 0.387 e. The average molecular weight is 265 g/mol. The fourth-order valence-corrected chi connectivity index (χ4v) is 1.46. The van der Waals surface area contributed by atoms with Crippen LogP contribution in [-0.2, 0) is 0 Å². The summed E-state index contributed by atoms with van der Waals surface area (Å²) < 4.78 is 17.4. The summed E-state index contributed by atoms with van der Waals surface area (Å²) in [5, 5.41) is 15.7. The molecular formula is C12H12FN3O3. The molecule has 0 saturated carbocycles. The highest BCUT2D eigenvalue weighted by Gasteiger charge is 2.15. The van der Waals surface area contributed by atoms with Gasteiger partial charge < -0.3 is 14.9 Å². The molecule has 1 heterocycles. The average Bonchev–Trinajstić information content (AvgIpc) is 2.83. The third kappa shape index (κ3) is 3.35. The Morgan fingerprint density at radius 2 is 2.16 bits per heavy atom. The van der Waals surface area contributed by atoms with Crippen LogP contribution in [0, 0.1) is 12.7 Å². The number of hydrogen-bond acceptors (Lipinski definition) is 5. The molecule has 0 fully saturated rings. The minimum absolute atomic E-state index is 0.0297. The quantitative estimate of drug-likeness (QED) is 0.860. The molecule has 0 aliphatic carbocycles. The van der Waals surface area contributed by atoms with Gasteiger partial charge in [-0.05, 0) is 17.7 Å². The van der Waals surface area contributed by atoms with Gasteiger partial charge in [-0.1, -0.05) is 17.3 Å². The number of aliphatic hydroxyl groups excluding tert-OH is 1. The van der Waals surface area contributed by atoms with Gasteiger partial charge in [-0.2, -0.15) is 4.98 Å². The summed E-state index contributed by atoms with van der Waals surface area (Å²) in [7, 11) is 0. The second-order valence-corrected chi connectivity index (χ2v) is 3.91. The monoisotopic (exact) mass is 265 g/mol. The minimum Gasteiger partial charge on any atom is -0.387 e. The van der Waals surface area contributed by atoms with Crippen LogP contribution in [-0.4, -0.2) is 27.7 Å². The molecule has 2 rings (SSSR count). The van der Waals surface area contributed by atoms with Gasteiger partial charge in [0, 0.05) is 13.5 Å². The standard InChI is InChI=1S/C12H12FN3O3/c1-7-15-11(16-19-7)12(18)14-6-10(17)8-2-4-9(13)5-3-8/h2-5,10,17H,6H2,1H3,(H,14,18). The lowest BCUT2D eigenvalue weighted by Gasteiger charge is -2.11. The second-order valence-electron chi connectivity index (χ2n) is 3.91. The van der Waals surface area contributed by atoms with Crippen LogP contribution in [0.5, 0.6) is 0 Å². The van der Waals surface area contributed by atoms with E-state index in [1.165, 1.54) is 24.3 Å². The Morgan fingerprint density at radius 3 is 2.74 bits per heavy atom. The predicted octanol–water partition coefficient (Wildman–Crippen LogP) is 0.981. The highest BCUT2D eigenvalue weighted by atomic mass is 19.1. The van der Waals surface area contributed by atoms with Gasteiger partial charge >= 0.3 is 0 Å². The number of rotatable bonds is 4. The zero-order chi connectivity index (χ0) is 13.8. The zero-order valence-corrected chi connectivity index (χ0v) is 10.1. The van der Waals surface area contributed by atoms with Crippen molar-refractivity contribution in [2.75, 3.05) is 6.54 Å². The number of aryl methyl sites for hydroxylation is 1. The van der Waals surface area contributed by atoms with E-state index in [0.29, 0.717) is 5.56 Å². The van der Waals surface area contributed by atoms with E-state index in [1.54, 1.807) is 6.92 Å². The first-order chi connectivity index (χ1) is 9.06. The molecule has 2 N–H and O–H groups in total. The van der Waals surface area contributed by atoms with Crippen molar-refractivity contribution in [1.29, 1.82) is 0 Å². The van der Waals surface area contributed by atoms with Crippen LogP contribution in [0.4, 0.5) is 4.39 Å². The van der Waals surface area contributed by atoms with Crippen LogP contribution >= 0.6 is 0 Å². The third-order valence-electron chi connectivity index (χ3n) is 2.44. The van der Waals surface area contributed by atoms with E-state index in [-0.39, 0.29) is 24.1 Å². The SMILES string of the molecule is Cc1nc(C(=O)NCC(O)c2ccc(F)cc2)no1. The molecule has 1 atom stereocenters.